The highest BCUT2D eigenvalue weighted by atomic mass is 35.5. The molecule has 0 spiro atoms. The second-order valence-corrected chi connectivity index (χ2v) is 8.71. The van der Waals surface area contributed by atoms with Crippen LogP contribution in [0.1, 0.15) is 0 Å². The summed E-state index contributed by atoms with van der Waals surface area (Å²) in [5.74, 6) is 0. The number of hydrogen-bond donors (Lipinski definition) is 0. The lowest BCUT2D eigenvalue weighted by atomic mass is 10.1. The van der Waals surface area contributed by atoms with Crippen molar-refractivity contribution < 1.29 is 0 Å². The Bertz CT molecular complexity index is 1600. The van der Waals surface area contributed by atoms with Gasteiger partial charge in [-0.05, 0) is 48.5 Å². The Balaban J connectivity index is 1.88. The highest BCUT2D eigenvalue weighted by Crippen LogP contribution is 2.26. The minimum Gasteiger partial charge on any atom is -0.268 e. The molecular weight excluding hydrogens is 498 g/mol. The van der Waals surface area contributed by atoms with Gasteiger partial charge >= 0.3 is 0 Å². The maximum absolute atomic E-state index is 13.1. The summed E-state index contributed by atoms with van der Waals surface area (Å²) in [5, 5.41) is 0.756. The average molecular weight is 506 g/mol. The number of rotatable bonds is 2. The summed E-state index contributed by atoms with van der Waals surface area (Å²) < 4.78 is 1.74. The van der Waals surface area contributed by atoms with E-state index in [-0.39, 0.29) is 53.0 Å². The van der Waals surface area contributed by atoms with Gasteiger partial charge in [0, 0.05) is 10.0 Å². The van der Waals surface area contributed by atoms with Gasteiger partial charge in [0.2, 0.25) is 0 Å². The molecule has 0 N–H and O–H groups in total. The second kappa shape index (κ2) is 7.32. The van der Waals surface area contributed by atoms with Crippen LogP contribution in [0.2, 0.25) is 20.1 Å². The zero-order valence-electron chi connectivity index (χ0n) is 15.7. The molecule has 158 valence electrons. The van der Waals surface area contributed by atoms with Crippen molar-refractivity contribution in [1.82, 2.24) is 9.13 Å². The minimum atomic E-state index is -0.684. The second-order valence-electron chi connectivity index (χ2n) is 7.03. The number of halogens is 4. The maximum atomic E-state index is 13.1. The molecule has 5 rings (SSSR count). The summed E-state index contributed by atoms with van der Waals surface area (Å²) in [6.07, 6.45) is 0. The smallest absolute Gasteiger partial charge is 0.266 e. The monoisotopic (exact) mass is 504 g/mol. The van der Waals surface area contributed by atoms with Crippen LogP contribution >= 0.6 is 46.4 Å². The lowest BCUT2D eigenvalue weighted by Crippen LogP contribution is -2.24. The lowest BCUT2D eigenvalue weighted by Gasteiger charge is -2.04. The molecule has 2 aromatic heterocycles. The van der Waals surface area contributed by atoms with Gasteiger partial charge in [0.05, 0.1) is 43.0 Å². The Labute approximate surface area is 198 Å². The third kappa shape index (κ3) is 2.95. The van der Waals surface area contributed by atoms with Gasteiger partial charge in [-0.2, -0.15) is 0 Å². The SMILES string of the molecule is O=c1c2cc3c(=O)n(-c4cc(Cl)ccc4Cl)c(=O)c3cc2c(=O)n1-c1cc(Cl)ccc1Cl. The van der Waals surface area contributed by atoms with E-state index in [1.54, 1.807) is 0 Å². The van der Waals surface area contributed by atoms with Crippen molar-refractivity contribution in [3.63, 3.8) is 0 Å². The molecule has 0 aliphatic carbocycles. The summed E-state index contributed by atoms with van der Waals surface area (Å²) in [4.78, 5) is 52.3. The van der Waals surface area contributed by atoms with Crippen molar-refractivity contribution >= 4 is 67.9 Å². The third-order valence-electron chi connectivity index (χ3n) is 5.19. The predicted octanol–water partition coefficient (Wildman–Crippen LogP) is 4.50. The predicted molar refractivity (Wildman–Crippen MR) is 128 cm³/mol. The molecule has 0 radical (unpaired) electrons. The first-order chi connectivity index (χ1) is 15.2. The normalized spacial score (nSPS) is 11.6. The van der Waals surface area contributed by atoms with Crippen LogP contribution in [0.4, 0.5) is 0 Å². The van der Waals surface area contributed by atoms with Gasteiger partial charge in [-0.25, -0.2) is 9.13 Å². The van der Waals surface area contributed by atoms with E-state index in [0.29, 0.717) is 0 Å². The van der Waals surface area contributed by atoms with Crippen LogP contribution in [0.25, 0.3) is 32.9 Å². The van der Waals surface area contributed by atoms with Crippen LogP contribution in [0, 0.1) is 0 Å². The summed E-state index contributed by atoms with van der Waals surface area (Å²) in [7, 11) is 0. The molecule has 6 nitrogen and oxygen atoms in total. The Morgan fingerprint density at radius 1 is 0.469 bits per heavy atom. The highest BCUT2D eigenvalue weighted by Gasteiger charge is 2.22. The van der Waals surface area contributed by atoms with Gasteiger partial charge in [-0.1, -0.05) is 46.4 Å². The lowest BCUT2D eigenvalue weighted by molar-refractivity contribution is 0.988. The van der Waals surface area contributed by atoms with Crippen LogP contribution in [0.15, 0.2) is 67.7 Å². The fourth-order valence-electron chi connectivity index (χ4n) is 3.73. The van der Waals surface area contributed by atoms with Gasteiger partial charge in [0.15, 0.2) is 0 Å². The molecule has 10 heteroatoms. The summed E-state index contributed by atoms with van der Waals surface area (Å²) in [6, 6.07) is 11.2. The van der Waals surface area contributed by atoms with Crippen LogP contribution in [0.5, 0.6) is 0 Å². The molecule has 0 unspecified atom stereocenters. The molecule has 0 bridgehead atoms. The first-order valence-electron chi connectivity index (χ1n) is 9.04. The molecule has 5 aromatic rings. The Kier molecular flexibility index (Phi) is 4.80. The van der Waals surface area contributed by atoms with E-state index in [1.807, 2.05) is 0 Å². The standard InChI is InChI=1S/C22H8Cl4N2O4/c23-9-1-3-15(25)17(5-9)27-19(29)11-7-13-14(8-12(11)20(27)30)22(32)28(21(13)31)18-6-10(24)2-4-16(18)26/h1-8H. The average Bonchev–Trinajstić information content (AvgIpc) is 3.15. The molecule has 0 atom stereocenters. The van der Waals surface area contributed by atoms with E-state index in [9.17, 15) is 19.2 Å². The first kappa shape index (κ1) is 21.0. The van der Waals surface area contributed by atoms with E-state index in [4.69, 9.17) is 46.4 Å². The molecule has 0 saturated carbocycles. The molecule has 0 aliphatic rings. The van der Waals surface area contributed by atoms with Gasteiger partial charge in [0.25, 0.3) is 22.2 Å². The molecule has 32 heavy (non-hydrogen) atoms. The number of hydrogen-bond acceptors (Lipinski definition) is 4. The Morgan fingerprint density at radius 3 is 1.09 bits per heavy atom. The van der Waals surface area contributed by atoms with E-state index in [1.165, 1.54) is 48.5 Å². The molecule has 3 aromatic carbocycles. The quantitative estimate of drug-likeness (QED) is 0.353. The fraction of sp³-hybridized carbons (Fsp3) is 0. The molecule has 0 amide bonds. The maximum Gasteiger partial charge on any atom is 0.266 e. The van der Waals surface area contributed by atoms with E-state index in [2.05, 4.69) is 0 Å². The van der Waals surface area contributed by atoms with Crippen LogP contribution in [-0.4, -0.2) is 9.13 Å². The largest absolute Gasteiger partial charge is 0.268 e. The molecular formula is C22H8Cl4N2O4. The van der Waals surface area contributed by atoms with Gasteiger partial charge in [0.1, 0.15) is 0 Å². The van der Waals surface area contributed by atoms with E-state index in [0.717, 1.165) is 9.13 Å². The van der Waals surface area contributed by atoms with Gasteiger partial charge < -0.3 is 0 Å². The first-order valence-corrected chi connectivity index (χ1v) is 10.6. The zero-order valence-corrected chi connectivity index (χ0v) is 18.7. The summed E-state index contributed by atoms with van der Waals surface area (Å²) in [5.41, 5.74) is -2.52. The van der Waals surface area contributed by atoms with E-state index >= 15 is 0 Å². The fourth-order valence-corrected chi connectivity index (χ4v) is 4.46. The van der Waals surface area contributed by atoms with Crippen LogP contribution in [-0.2, 0) is 0 Å². The van der Waals surface area contributed by atoms with Crippen molar-refractivity contribution in [2.45, 2.75) is 0 Å². The van der Waals surface area contributed by atoms with Crippen molar-refractivity contribution in [3.8, 4) is 11.4 Å². The minimum absolute atomic E-state index is 0.0232. The number of aromatic nitrogens is 2. The van der Waals surface area contributed by atoms with Crippen LogP contribution in [0.3, 0.4) is 0 Å². The van der Waals surface area contributed by atoms with Gasteiger partial charge in [-0.3, -0.25) is 19.2 Å². The number of benzene rings is 3. The van der Waals surface area contributed by atoms with Crippen molar-refractivity contribution in [3.05, 3.63) is 110 Å². The number of nitrogens with zero attached hydrogens (tertiary/aromatic N) is 2. The van der Waals surface area contributed by atoms with Crippen LogP contribution < -0.4 is 22.2 Å². The van der Waals surface area contributed by atoms with Crippen molar-refractivity contribution in [2.75, 3.05) is 0 Å². The van der Waals surface area contributed by atoms with Gasteiger partial charge in [-0.15, -0.1) is 0 Å². The van der Waals surface area contributed by atoms with Crippen molar-refractivity contribution in [1.29, 1.82) is 0 Å². The topological polar surface area (TPSA) is 78.1 Å². The van der Waals surface area contributed by atoms with Crippen molar-refractivity contribution in [2.24, 2.45) is 0 Å². The molecule has 2 heterocycles. The Morgan fingerprint density at radius 2 is 0.781 bits per heavy atom. The van der Waals surface area contributed by atoms with E-state index < -0.39 is 22.2 Å². The zero-order chi connectivity index (χ0) is 22.9. The molecule has 0 saturated heterocycles. The molecule has 0 fully saturated rings. The number of fused-ring (bicyclic) bond motifs is 2. The third-order valence-corrected chi connectivity index (χ3v) is 6.30. The Hall–Kier alpha value is -2.90. The summed E-state index contributed by atoms with van der Waals surface area (Å²) in [6.45, 7) is 0. The summed E-state index contributed by atoms with van der Waals surface area (Å²) >= 11 is 24.3. The molecule has 0 aliphatic heterocycles. The highest BCUT2D eigenvalue weighted by molar-refractivity contribution is 6.35.